The van der Waals surface area contributed by atoms with Crippen LogP contribution in [0.25, 0.3) is 11.1 Å². The van der Waals surface area contributed by atoms with Gasteiger partial charge in [-0.05, 0) is 49.4 Å². The second-order valence-electron chi connectivity index (χ2n) is 9.06. The zero-order chi connectivity index (χ0) is 23.3. The third-order valence-corrected chi connectivity index (χ3v) is 7.76. The van der Waals surface area contributed by atoms with E-state index in [4.69, 9.17) is 4.55 Å². The molecule has 1 N–H and O–H groups in total. The number of fused-ring (bicyclic) bond motifs is 4. The minimum Gasteiger partial charge on any atom is -0.370 e. The molecule has 33 heavy (non-hydrogen) atoms. The van der Waals surface area contributed by atoms with Gasteiger partial charge in [0.15, 0.2) is 5.78 Å². The molecule has 0 aromatic heterocycles. The zero-order valence-electron chi connectivity index (χ0n) is 18.6. The molecule has 2 atom stereocenters. The number of carbonyl (C=O) groups is 1. The minimum atomic E-state index is -4.02. The van der Waals surface area contributed by atoms with Crippen LogP contribution in [0.5, 0.6) is 0 Å². The molecule has 3 aromatic rings. The molecule has 3 aliphatic rings. The number of likely N-dealkylation sites (tertiary alicyclic amines) is 1. The summed E-state index contributed by atoms with van der Waals surface area (Å²) in [6.45, 7) is 5.25. The van der Waals surface area contributed by atoms with Crippen LogP contribution in [-0.4, -0.2) is 56.4 Å². The standard InChI is InChI=1S/C19H18N2O.C7H8O3S/c1-20-9-12-10-21(11-18(12)20)13-6-7-15-14-4-2-3-5-16(14)19(22)17(15)8-13;1-6-2-4-7(5-3-6)11(8,9)10/h2-8,12,18H,9-11H2,1H3;2-5H,1H3,(H,8,9,10)/t12-,18+;/m0./s1. The molecule has 170 valence electrons. The number of hydrogen-bond donors (Lipinski definition) is 1. The average molecular weight is 463 g/mol. The van der Waals surface area contributed by atoms with Crippen molar-refractivity contribution in [3.63, 3.8) is 0 Å². The Bertz CT molecular complexity index is 1330. The number of rotatable bonds is 2. The van der Waals surface area contributed by atoms with Crippen LogP contribution in [0.15, 0.2) is 71.6 Å². The number of hydrogen-bond acceptors (Lipinski definition) is 5. The summed E-state index contributed by atoms with van der Waals surface area (Å²) in [7, 11) is -1.82. The average Bonchev–Trinajstić information content (AvgIpc) is 3.29. The molecule has 0 spiro atoms. The van der Waals surface area contributed by atoms with Crippen LogP contribution in [0.1, 0.15) is 21.5 Å². The predicted octanol–water partition coefficient (Wildman–Crippen LogP) is 3.89. The normalized spacial score (nSPS) is 20.9. The molecule has 0 saturated carbocycles. The van der Waals surface area contributed by atoms with Crippen LogP contribution in [0.4, 0.5) is 5.69 Å². The first-order valence-electron chi connectivity index (χ1n) is 11.0. The molecule has 2 aliphatic heterocycles. The highest BCUT2D eigenvalue weighted by molar-refractivity contribution is 7.85. The fraction of sp³-hybridized carbons (Fsp3) is 0.269. The predicted molar refractivity (Wildman–Crippen MR) is 128 cm³/mol. The lowest BCUT2D eigenvalue weighted by Crippen LogP contribution is -2.52. The Morgan fingerprint density at radius 2 is 1.52 bits per heavy atom. The van der Waals surface area contributed by atoms with Crippen molar-refractivity contribution >= 4 is 21.6 Å². The van der Waals surface area contributed by atoms with Gasteiger partial charge in [-0.2, -0.15) is 8.42 Å². The van der Waals surface area contributed by atoms with E-state index in [1.165, 1.54) is 24.4 Å². The van der Waals surface area contributed by atoms with Crippen LogP contribution < -0.4 is 4.90 Å². The Morgan fingerprint density at radius 1 is 0.848 bits per heavy atom. The highest BCUT2D eigenvalue weighted by atomic mass is 32.2. The van der Waals surface area contributed by atoms with Gasteiger partial charge in [-0.15, -0.1) is 0 Å². The van der Waals surface area contributed by atoms with Crippen LogP contribution in [0.2, 0.25) is 0 Å². The Kier molecular flexibility index (Phi) is 5.35. The maximum atomic E-state index is 12.6. The number of aryl methyl sites for hydroxylation is 1. The summed E-state index contributed by atoms with van der Waals surface area (Å²) in [5.41, 5.74) is 6.03. The highest BCUT2D eigenvalue weighted by Crippen LogP contribution is 2.40. The molecule has 0 unspecified atom stereocenters. The van der Waals surface area contributed by atoms with Crippen molar-refractivity contribution in [2.24, 2.45) is 5.92 Å². The van der Waals surface area contributed by atoms with Gasteiger partial charge in [0.1, 0.15) is 0 Å². The Hall–Kier alpha value is -3.00. The van der Waals surface area contributed by atoms with E-state index in [0.717, 1.165) is 46.8 Å². The second kappa shape index (κ2) is 8.09. The molecule has 2 fully saturated rings. The number of ketones is 1. The maximum Gasteiger partial charge on any atom is 0.294 e. The van der Waals surface area contributed by atoms with Crippen molar-refractivity contribution in [2.45, 2.75) is 17.9 Å². The van der Waals surface area contributed by atoms with Crippen molar-refractivity contribution in [3.05, 3.63) is 83.4 Å². The van der Waals surface area contributed by atoms with E-state index >= 15 is 0 Å². The summed E-state index contributed by atoms with van der Waals surface area (Å²) >= 11 is 0. The minimum absolute atomic E-state index is 0.0666. The molecule has 6 nitrogen and oxygen atoms in total. The number of anilines is 1. The van der Waals surface area contributed by atoms with Crippen LogP contribution in [0.3, 0.4) is 0 Å². The number of likely N-dealkylation sites (N-methyl/N-ethyl adjacent to an activating group) is 1. The first kappa shape index (κ1) is 21.8. The van der Waals surface area contributed by atoms with E-state index < -0.39 is 10.1 Å². The first-order valence-corrected chi connectivity index (χ1v) is 12.4. The largest absolute Gasteiger partial charge is 0.370 e. The van der Waals surface area contributed by atoms with Crippen LogP contribution >= 0.6 is 0 Å². The molecule has 7 heteroatoms. The van der Waals surface area contributed by atoms with E-state index in [1.807, 2.05) is 31.2 Å². The van der Waals surface area contributed by atoms with E-state index in [2.05, 4.69) is 35.0 Å². The second-order valence-corrected chi connectivity index (χ2v) is 10.5. The van der Waals surface area contributed by atoms with Crippen molar-refractivity contribution in [1.82, 2.24) is 4.90 Å². The lowest BCUT2D eigenvalue weighted by molar-refractivity contribution is 0.0827. The Balaban J connectivity index is 0.000000177. The lowest BCUT2D eigenvalue weighted by atomic mass is 9.93. The van der Waals surface area contributed by atoms with Gasteiger partial charge >= 0.3 is 0 Å². The summed E-state index contributed by atoms with van der Waals surface area (Å²) in [6.07, 6.45) is 0. The number of nitrogens with zero attached hydrogens (tertiary/aromatic N) is 2. The van der Waals surface area contributed by atoms with Crippen LogP contribution in [-0.2, 0) is 10.1 Å². The molecular formula is C26H26N2O4S. The van der Waals surface area contributed by atoms with E-state index in [0.29, 0.717) is 6.04 Å². The van der Waals surface area contributed by atoms with Gasteiger partial charge < -0.3 is 9.80 Å². The fourth-order valence-corrected chi connectivity index (χ4v) is 5.51. The first-order chi connectivity index (χ1) is 15.7. The van der Waals surface area contributed by atoms with Gasteiger partial charge in [0.2, 0.25) is 0 Å². The van der Waals surface area contributed by atoms with Crippen molar-refractivity contribution in [2.75, 3.05) is 31.6 Å². The van der Waals surface area contributed by atoms with Gasteiger partial charge in [-0.3, -0.25) is 9.35 Å². The van der Waals surface area contributed by atoms with Gasteiger partial charge in [-0.25, -0.2) is 0 Å². The molecule has 0 amide bonds. The summed E-state index contributed by atoms with van der Waals surface area (Å²) in [5, 5.41) is 0. The van der Waals surface area contributed by atoms with E-state index in [-0.39, 0.29) is 10.7 Å². The molecule has 1 aliphatic carbocycles. The van der Waals surface area contributed by atoms with E-state index in [1.54, 1.807) is 12.1 Å². The van der Waals surface area contributed by atoms with Crippen molar-refractivity contribution in [3.8, 4) is 11.1 Å². The molecule has 6 rings (SSSR count). The Labute approximate surface area is 194 Å². The topological polar surface area (TPSA) is 77.9 Å². The number of benzene rings is 3. The summed E-state index contributed by atoms with van der Waals surface area (Å²) in [5.74, 6) is 0.970. The number of carbonyl (C=O) groups excluding carboxylic acids is 1. The third-order valence-electron chi connectivity index (χ3n) is 6.89. The summed E-state index contributed by atoms with van der Waals surface area (Å²) in [4.78, 5) is 17.4. The third kappa shape index (κ3) is 3.97. The van der Waals surface area contributed by atoms with Crippen LogP contribution in [0, 0.1) is 12.8 Å². The maximum absolute atomic E-state index is 12.6. The fourth-order valence-electron chi connectivity index (χ4n) is 5.03. The van der Waals surface area contributed by atoms with Gasteiger partial charge in [0, 0.05) is 48.4 Å². The molecule has 0 radical (unpaired) electrons. The van der Waals surface area contributed by atoms with Gasteiger partial charge in [-0.1, -0.05) is 48.0 Å². The quantitative estimate of drug-likeness (QED) is 0.456. The molecule has 0 bridgehead atoms. The lowest BCUT2D eigenvalue weighted by Gasteiger charge is -2.40. The van der Waals surface area contributed by atoms with Crippen molar-refractivity contribution in [1.29, 1.82) is 0 Å². The smallest absolute Gasteiger partial charge is 0.294 e. The molecule has 2 heterocycles. The van der Waals surface area contributed by atoms with Crippen molar-refractivity contribution < 1.29 is 17.8 Å². The molecule has 2 saturated heterocycles. The zero-order valence-corrected chi connectivity index (χ0v) is 19.4. The monoisotopic (exact) mass is 462 g/mol. The summed E-state index contributed by atoms with van der Waals surface area (Å²) < 4.78 is 29.6. The van der Waals surface area contributed by atoms with Gasteiger partial charge in [0.25, 0.3) is 10.1 Å². The van der Waals surface area contributed by atoms with Gasteiger partial charge in [0.05, 0.1) is 4.90 Å². The Morgan fingerprint density at radius 3 is 2.15 bits per heavy atom. The molecule has 3 aromatic carbocycles. The SMILES string of the molecule is CN1C[C@H]2CN(c3ccc4c(c3)C(=O)c3ccccc3-4)C[C@H]21.Cc1ccc(S(=O)(=O)O)cc1. The van der Waals surface area contributed by atoms with E-state index in [9.17, 15) is 13.2 Å². The highest BCUT2D eigenvalue weighted by Gasteiger charge is 2.43. The molecular weight excluding hydrogens is 436 g/mol. The summed E-state index contributed by atoms with van der Waals surface area (Å²) in [6, 6.07) is 21.0.